The van der Waals surface area contributed by atoms with Crippen molar-refractivity contribution in [1.29, 1.82) is 0 Å². The highest BCUT2D eigenvalue weighted by Gasteiger charge is 2.32. The fourth-order valence-electron chi connectivity index (χ4n) is 2.70. The predicted octanol–water partition coefficient (Wildman–Crippen LogP) is 2.38. The summed E-state index contributed by atoms with van der Waals surface area (Å²) in [5.74, 6) is 1.13. The Labute approximate surface area is 122 Å². The van der Waals surface area contributed by atoms with Gasteiger partial charge in [-0.2, -0.15) is 0 Å². The number of hydrogen-bond acceptors (Lipinski definition) is 6. The number of ether oxygens (including phenoxy) is 1. The number of methoxy groups -OCH3 is 1. The van der Waals surface area contributed by atoms with E-state index in [1.165, 1.54) is 7.11 Å². The van der Waals surface area contributed by atoms with Gasteiger partial charge in [0.2, 0.25) is 5.89 Å². The zero-order chi connectivity index (χ0) is 14.8. The summed E-state index contributed by atoms with van der Waals surface area (Å²) in [6.45, 7) is 3.34. The van der Waals surface area contributed by atoms with Gasteiger partial charge in [-0.25, -0.2) is 4.98 Å². The SMILES string of the molecule is COC(=O)[C@@H]1CCCN1Cc1nc(-c2ccoc2)oc1C. The minimum atomic E-state index is -0.177. The van der Waals surface area contributed by atoms with Gasteiger partial charge < -0.3 is 13.6 Å². The summed E-state index contributed by atoms with van der Waals surface area (Å²) in [5, 5.41) is 0. The van der Waals surface area contributed by atoms with Crippen LogP contribution in [0.5, 0.6) is 0 Å². The van der Waals surface area contributed by atoms with Crippen LogP contribution in [0.2, 0.25) is 0 Å². The normalized spacial score (nSPS) is 19.0. The molecule has 0 radical (unpaired) electrons. The van der Waals surface area contributed by atoms with E-state index in [2.05, 4.69) is 9.88 Å². The summed E-state index contributed by atoms with van der Waals surface area (Å²) in [7, 11) is 1.43. The van der Waals surface area contributed by atoms with E-state index in [4.69, 9.17) is 13.6 Å². The summed E-state index contributed by atoms with van der Waals surface area (Å²) in [4.78, 5) is 18.4. The average Bonchev–Trinajstić information content (AvgIpc) is 3.20. The number of aryl methyl sites for hydroxylation is 1. The molecule has 0 amide bonds. The van der Waals surface area contributed by atoms with Gasteiger partial charge in [0, 0.05) is 6.54 Å². The molecule has 0 bridgehead atoms. The Hall–Kier alpha value is -2.08. The third kappa shape index (κ3) is 2.71. The molecule has 0 aromatic carbocycles. The third-order valence-corrected chi connectivity index (χ3v) is 3.85. The minimum Gasteiger partial charge on any atom is -0.472 e. The van der Waals surface area contributed by atoms with Gasteiger partial charge >= 0.3 is 5.97 Å². The van der Waals surface area contributed by atoms with Gasteiger partial charge in [0.1, 0.15) is 18.1 Å². The lowest BCUT2D eigenvalue weighted by atomic mass is 10.2. The monoisotopic (exact) mass is 290 g/mol. The molecule has 1 saturated heterocycles. The molecule has 2 aromatic heterocycles. The molecule has 6 nitrogen and oxygen atoms in total. The quantitative estimate of drug-likeness (QED) is 0.805. The summed E-state index contributed by atoms with van der Waals surface area (Å²) in [6, 6.07) is 1.63. The Balaban J connectivity index is 1.77. The Morgan fingerprint density at radius 1 is 1.57 bits per heavy atom. The van der Waals surface area contributed by atoms with Crippen molar-refractivity contribution in [2.24, 2.45) is 0 Å². The molecule has 0 N–H and O–H groups in total. The fourth-order valence-corrected chi connectivity index (χ4v) is 2.70. The number of carbonyl (C=O) groups excluding carboxylic acids is 1. The average molecular weight is 290 g/mol. The van der Waals surface area contributed by atoms with E-state index in [0.717, 1.165) is 36.4 Å². The third-order valence-electron chi connectivity index (χ3n) is 3.85. The number of furan rings is 1. The van der Waals surface area contributed by atoms with Gasteiger partial charge in [-0.3, -0.25) is 9.69 Å². The zero-order valence-corrected chi connectivity index (χ0v) is 12.2. The Morgan fingerprint density at radius 3 is 3.14 bits per heavy atom. The first-order valence-corrected chi connectivity index (χ1v) is 7.00. The van der Waals surface area contributed by atoms with Crippen molar-refractivity contribution in [3.63, 3.8) is 0 Å². The van der Waals surface area contributed by atoms with Crippen molar-refractivity contribution >= 4 is 5.97 Å². The first-order chi connectivity index (χ1) is 10.2. The van der Waals surface area contributed by atoms with Gasteiger partial charge in [-0.15, -0.1) is 0 Å². The molecule has 1 aliphatic rings. The maximum Gasteiger partial charge on any atom is 0.323 e. The Kier molecular flexibility index (Phi) is 3.79. The molecule has 0 aliphatic carbocycles. The molecule has 0 unspecified atom stereocenters. The maximum absolute atomic E-state index is 11.8. The topological polar surface area (TPSA) is 68.7 Å². The van der Waals surface area contributed by atoms with E-state index in [1.54, 1.807) is 12.5 Å². The van der Waals surface area contributed by atoms with Crippen LogP contribution in [0.1, 0.15) is 24.3 Å². The fraction of sp³-hybridized carbons (Fsp3) is 0.467. The maximum atomic E-state index is 11.8. The summed E-state index contributed by atoms with van der Waals surface area (Å²) in [5.41, 5.74) is 1.66. The van der Waals surface area contributed by atoms with Crippen molar-refractivity contribution in [1.82, 2.24) is 9.88 Å². The number of carbonyl (C=O) groups is 1. The van der Waals surface area contributed by atoms with Crippen LogP contribution in [0.4, 0.5) is 0 Å². The van der Waals surface area contributed by atoms with Gasteiger partial charge in [0.05, 0.1) is 24.6 Å². The molecule has 1 fully saturated rings. The van der Waals surface area contributed by atoms with E-state index in [9.17, 15) is 4.79 Å². The molecular weight excluding hydrogens is 272 g/mol. The molecule has 3 heterocycles. The summed E-state index contributed by atoms with van der Waals surface area (Å²) < 4.78 is 15.6. The van der Waals surface area contributed by atoms with Crippen LogP contribution in [-0.2, 0) is 16.1 Å². The smallest absolute Gasteiger partial charge is 0.323 e. The largest absolute Gasteiger partial charge is 0.472 e. The number of hydrogen-bond donors (Lipinski definition) is 0. The second kappa shape index (κ2) is 5.73. The van der Waals surface area contributed by atoms with E-state index < -0.39 is 0 Å². The molecule has 6 heteroatoms. The number of aromatic nitrogens is 1. The van der Waals surface area contributed by atoms with Crippen molar-refractivity contribution in [3.8, 4) is 11.5 Å². The van der Waals surface area contributed by atoms with Crippen molar-refractivity contribution in [2.75, 3.05) is 13.7 Å². The van der Waals surface area contributed by atoms with E-state index >= 15 is 0 Å². The van der Waals surface area contributed by atoms with Crippen molar-refractivity contribution in [3.05, 3.63) is 30.0 Å². The lowest BCUT2D eigenvalue weighted by molar-refractivity contribution is -0.146. The van der Waals surface area contributed by atoms with E-state index in [1.807, 2.05) is 13.0 Å². The molecule has 2 aromatic rings. The number of rotatable bonds is 4. The highest BCUT2D eigenvalue weighted by molar-refractivity contribution is 5.76. The highest BCUT2D eigenvalue weighted by atomic mass is 16.5. The predicted molar refractivity (Wildman–Crippen MR) is 74.4 cm³/mol. The van der Waals surface area contributed by atoms with Crippen LogP contribution in [0.15, 0.2) is 27.4 Å². The standard InChI is InChI=1S/C15H18N2O4/c1-10-12(16-14(21-10)11-5-7-20-9-11)8-17-6-3-4-13(17)15(18)19-2/h5,7,9,13H,3-4,6,8H2,1-2H3/t13-/m0/s1. The summed E-state index contributed by atoms with van der Waals surface area (Å²) in [6.07, 6.45) is 5.01. The molecule has 21 heavy (non-hydrogen) atoms. The van der Waals surface area contributed by atoms with Gasteiger partial charge in [-0.05, 0) is 32.4 Å². The number of oxazole rings is 1. The van der Waals surface area contributed by atoms with Gasteiger partial charge in [0.15, 0.2) is 0 Å². The second-order valence-corrected chi connectivity index (χ2v) is 5.19. The van der Waals surface area contributed by atoms with E-state index in [-0.39, 0.29) is 12.0 Å². The Morgan fingerprint density at radius 2 is 2.43 bits per heavy atom. The molecule has 0 spiro atoms. The summed E-state index contributed by atoms with van der Waals surface area (Å²) >= 11 is 0. The molecular formula is C15H18N2O4. The van der Waals surface area contributed by atoms with Crippen molar-refractivity contribution in [2.45, 2.75) is 32.4 Å². The number of nitrogens with zero attached hydrogens (tertiary/aromatic N) is 2. The number of likely N-dealkylation sites (tertiary alicyclic amines) is 1. The van der Waals surface area contributed by atoms with Gasteiger partial charge in [0.25, 0.3) is 0 Å². The lowest BCUT2D eigenvalue weighted by Crippen LogP contribution is -2.36. The number of esters is 1. The molecule has 1 aliphatic heterocycles. The van der Waals surface area contributed by atoms with Crippen LogP contribution >= 0.6 is 0 Å². The first kappa shape index (κ1) is 13.9. The van der Waals surface area contributed by atoms with Crippen LogP contribution in [0, 0.1) is 6.92 Å². The van der Waals surface area contributed by atoms with Crippen LogP contribution in [0.25, 0.3) is 11.5 Å². The van der Waals surface area contributed by atoms with Gasteiger partial charge in [-0.1, -0.05) is 0 Å². The molecule has 1 atom stereocenters. The minimum absolute atomic E-state index is 0.177. The van der Waals surface area contributed by atoms with Crippen LogP contribution in [0.3, 0.4) is 0 Å². The molecule has 0 saturated carbocycles. The highest BCUT2D eigenvalue weighted by Crippen LogP contribution is 2.26. The van der Waals surface area contributed by atoms with Crippen LogP contribution in [-0.4, -0.2) is 35.5 Å². The first-order valence-electron chi connectivity index (χ1n) is 7.00. The lowest BCUT2D eigenvalue weighted by Gasteiger charge is -2.21. The molecule has 112 valence electrons. The van der Waals surface area contributed by atoms with Crippen LogP contribution < -0.4 is 0 Å². The van der Waals surface area contributed by atoms with E-state index in [0.29, 0.717) is 12.4 Å². The zero-order valence-electron chi connectivity index (χ0n) is 12.2. The Bertz CT molecular complexity index is 618. The van der Waals surface area contributed by atoms with Crippen molar-refractivity contribution < 1.29 is 18.4 Å². The second-order valence-electron chi connectivity index (χ2n) is 5.19. The molecule has 3 rings (SSSR count).